The van der Waals surface area contributed by atoms with Crippen LogP contribution in [-0.4, -0.2) is 29.8 Å². The molecule has 0 radical (unpaired) electrons. The van der Waals surface area contributed by atoms with Gasteiger partial charge in [-0.25, -0.2) is 0 Å². The second-order valence-electron chi connectivity index (χ2n) is 6.34. The van der Waals surface area contributed by atoms with Gasteiger partial charge in [-0.2, -0.15) is 0 Å². The Morgan fingerprint density at radius 2 is 1.52 bits per heavy atom. The van der Waals surface area contributed by atoms with Gasteiger partial charge in [-0.05, 0) is 37.1 Å². The van der Waals surface area contributed by atoms with Gasteiger partial charge in [0.15, 0.2) is 5.75 Å². The number of rotatable bonds is 10. The fraction of sp³-hybridized carbons (Fsp3) is 0.364. The number of hydrogen-bond acceptors (Lipinski definition) is 3. The molecule has 2 aromatic carbocycles. The zero-order chi connectivity index (χ0) is 19.5. The molecule has 0 heterocycles. The Morgan fingerprint density at radius 3 is 2.19 bits per heavy atom. The summed E-state index contributed by atoms with van der Waals surface area (Å²) in [6, 6.07) is 16.7. The molecule has 0 aliphatic heterocycles. The first-order valence-corrected chi connectivity index (χ1v) is 9.53. The highest BCUT2D eigenvalue weighted by molar-refractivity contribution is 5.94. The first-order valence-electron chi connectivity index (χ1n) is 9.53. The maximum atomic E-state index is 12.3. The van der Waals surface area contributed by atoms with Gasteiger partial charge in [0.1, 0.15) is 5.75 Å². The molecule has 2 amide bonds. The molecule has 27 heavy (non-hydrogen) atoms. The van der Waals surface area contributed by atoms with Crippen LogP contribution in [0.5, 0.6) is 11.5 Å². The molecule has 5 heteroatoms. The van der Waals surface area contributed by atoms with E-state index in [1.165, 1.54) is 0 Å². The van der Waals surface area contributed by atoms with Gasteiger partial charge in [0.05, 0.1) is 5.69 Å². The molecule has 2 aromatic rings. The van der Waals surface area contributed by atoms with Crippen molar-refractivity contribution in [1.29, 1.82) is 0 Å². The highest BCUT2D eigenvalue weighted by atomic mass is 16.5. The van der Waals surface area contributed by atoms with Crippen LogP contribution in [0.4, 0.5) is 5.69 Å². The Labute approximate surface area is 161 Å². The first kappa shape index (κ1) is 20.5. The summed E-state index contributed by atoms with van der Waals surface area (Å²) < 4.78 is 5.85. The fourth-order valence-corrected chi connectivity index (χ4v) is 2.77. The second kappa shape index (κ2) is 11.0. The van der Waals surface area contributed by atoms with Crippen LogP contribution in [0, 0.1) is 0 Å². The van der Waals surface area contributed by atoms with Crippen molar-refractivity contribution in [3.63, 3.8) is 0 Å². The summed E-state index contributed by atoms with van der Waals surface area (Å²) in [5.41, 5.74) is 0.595. The van der Waals surface area contributed by atoms with Crippen molar-refractivity contribution >= 4 is 17.5 Å². The van der Waals surface area contributed by atoms with Gasteiger partial charge in [-0.3, -0.25) is 9.59 Å². The molecule has 144 valence electrons. The van der Waals surface area contributed by atoms with Crippen molar-refractivity contribution in [2.75, 3.05) is 18.4 Å². The maximum Gasteiger partial charge on any atom is 0.224 e. The van der Waals surface area contributed by atoms with E-state index in [9.17, 15) is 9.59 Å². The summed E-state index contributed by atoms with van der Waals surface area (Å²) in [5, 5.41) is 2.85. The van der Waals surface area contributed by atoms with Gasteiger partial charge >= 0.3 is 0 Å². The number of nitrogens with one attached hydrogen (secondary N) is 1. The number of amides is 2. The van der Waals surface area contributed by atoms with Gasteiger partial charge in [0.25, 0.3) is 0 Å². The average molecular weight is 368 g/mol. The van der Waals surface area contributed by atoms with Crippen molar-refractivity contribution in [3.8, 4) is 11.5 Å². The lowest BCUT2D eigenvalue weighted by molar-refractivity contribution is -0.132. The summed E-state index contributed by atoms with van der Waals surface area (Å²) >= 11 is 0. The molecular formula is C22H28N2O3. The van der Waals surface area contributed by atoms with E-state index in [2.05, 4.69) is 5.32 Å². The Bertz CT molecular complexity index is 725. The van der Waals surface area contributed by atoms with E-state index in [1.807, 2.05) is 61.2 Å². The van der Waals surface area contributed by atoms with Gasteiger partial charge in [-0.15, -0.1) is 0 Å². The number of carbonyl (C=O) groups excluding carboxylic acids is 2. The van der Waals surface area contributed by atoms with Crippen molar-refractivity contribution in [3.05, 3.63) is 54.6 Å². The predicted octanol–water partition coefficient (Wildman–Crippen LogP) is 4.85. The minimum absolute atomic E-state index is 0.0303. The summed E-state index contributed by atoms with van der Waals surface area (Å²) in [7, 11) is 0. The van der Waals surface area contributed by atoms with Gasteiger partial charge < -0.3 is 15.0 Å². The van der Waals surface area contributed by atoms with E-state index < -0.39 is 0 Å². The topological polar surface area (TPSA) is 58.6 Å². The molecule has 0 aliphatic carbocycles. The molecule has 0 unspecified atom stereocenters. The minimum atomic E-state index is -0.194. The fourth-order valence-electron chi connectivity index (χ4n) is 2.77. The van der Waals surface area contributed by atoms with Crippen LogP contribution < -0.4 is 10.1 Å². The zero-order valence-electron chi connectivity index (χ0n) is 16.1. The lowest BCUT2D eigenvalue weighted by atomic mass is 10.2. The largest absolute Gasteiger partial charge is 0.455 e. The molecule has 2 rings (SSSR count). The average Bonchev–Trinajstić information content (AvgIpc) is 2.68. The van der Waals surface area contributed by atoms with E-state index >= 15 is 0 Å². The summed E-state index contributed by atoms with van der Waals surface area (Å²) in [5.74, 6) is 1.11. The standard InChI is InChI=1S/C22H28N2O3/c1-3-16-24(17-4-2)22(26)15-14-21(25)23-19-12-8-9-13-20(19)27-18-10-6-5-7-11-18/h5-13H,3-4,14-17H2,1-2H3,(H,23,25). The van der Waals surface area contributed by atoms with Gasteiger partial charge in [0, 0.05) is 25.9 Å². The highest BCUT2D eigenvalue weighted by Crippen LogP contribution is 2.29. The molecular weight excluding hydrogens is 340 g/mol. The molecule has 0 aliphatic rings. The van der Waals surface area contributed by atoms with Crippen molar-refractivity contribution < 1.29 is 14.3 Å². The first-order chi connectivity index (χ1) is 13.1. The van der Waals surface area contributed by atoms with Gasteiger partial charge in [-0.1, -0.05) is 44.2 Å². The molecule has 0 bridgehead atoms. The molecule has 0 saturated carbocycles. The number of nitrogens with zero attached hydrogens (tertiary/aromatic N) is 1. The van der Waals surface area contributed by atoms with Crippen molar-refractivity contribution in [1.82, 2.24) is 4.90 Å². The number of hydrogen-bond donors (Lipinski definition) is 1. The van der Waals surface area contributed by atoms with Crippen molar-refractivity contribution in [2.24, 2.45) is 0 Å². The number of carbonyl (C=O) groups is 2. The van der Waals surface area contributed by atoms with Crippen molar-refractivity contribution in [2.45, 2.75) is 39.5 Å². The second-order valence-corrected chi connectivity index (χ2v) is 6.34. The molecule has 0 aromatic heterocycles. The number of para-hydroxylation sites is 3. The predicted molar refractivity (Wildman–Crippen MR) is 108 cm³/mol. The lowest BCUT2D eigenvalue weighted by Gasteiger charge is -2.21. The molecule has 5 nitrogen and oxygen atoms in total. The lowest BCUT2D eigenvalue weighted by Crippen LogP contribution is -2.33. The van der Waals surface area contributed by atoms with E-state index in [0.29, 0.717) is 17.2 Å². The number of anilines is 1. The monoisotopic (exact) mass is 368 g/mol. The van der Waals surface area contributed by atoms with Gasteiger partial charge in [0.2, 0.25) is 11.8 Å². The Kier molecular flexibility index (Phi) is 8.36. The summed E-state index contributed by atoms with van der Waals surface area (Å²) in [6.07, 6.45) is 2.21. The third-order valence-electron chi connectivity index (χ3n) is 4.04. The molecule has 0 fully saturated rings. The molecule has 0 saturated heterocycles. The maximum absolute atomic E-state index is 12.3. The van der Waals surface area contributed by atoms with E-state index in [-0.39, 0.29) is 24.7 Å². The van der Waals surface area contributed by atoms with E-state index in [1.54, 1.807) is 12.1 Å². The molecule has 1 N–H and O–H groups in total. The summed E-state index contributed by atoms with van der Waals surface area (Å²) in [6.45, 7) is 5.57. The quantitative estimate of drug-likeness (QED) is 0.652. The molecule has 0 atom stereocenters. The van der Waals surface area contributed by atoms with E-state index in [4.69, 9.17) is 4.74 Å². The molecule has 0 spiro atoms. The SMILES string of the molecule is CCCN(CCC)C(=O)CCC(=O)Nc1ccccc1Oc1ccccc1. The van der Waals surface area contributed by atoms with Crippen LogP contribution in [0.3, 0.4) is 0 Å². The van der Waals surface area contributed by atoms with Crippen LogP contribution in [0.25, 0.3) is 0 Å². The van der Waals surface area contributed by atoms with Crippen LogP contribution in [0.15, 0.2) is 54.6 Å². The van der Waals surface area contributed by atoms with Crippen LogP contribution in [0.2, 0.25) is 0 Å². The smallest absolute Gasteiger partial charge is 0.224 e. The van der Waals surface area contributed by atoms with Crippen LogP contribution in [-0.2, 0) is 9.59 Å². The summed E-state index contributed by atoms with van der Waals surface area (Å²) in [4.78, 5) is 26.5. The Balaban J connectivity index is 1.93. The third kappa shape index (κ3) is 6.77. The Morgan fingerprint density at radius 1 is 0.889 bits per heavy atom. The zero-order valence-corrected chi connectivity index (χ0v) is 16.1. The third-order valence-corrected chi connectivity index (χ3v) is 4.04. The Hall–Kier alpha value is -2.82. The van der Waals surface area contributed by atoms with E-state index in [0.717, 1.165) is 25.9 Å². The highest BCUT2D eigenvalue weighted by Gasteiger charge is 2.15. The number of ether oxygens (including phenoxy) is 1. The minimum Gasteiger partial charge on any atom is -0.455 e. The normalized spacial score (nSPS) is 10.3. The number of benzene rings is 2. The van der Waals surface area contributed by atoms with Crippen LogP contribution in [0.1, 0.15) is 39.5 Å². The van der Waals surface area contributed by atoms with Crippen LogP contribution >= 0.6 is 0 Å².